The Morgan fingerprint density at radius 3 is 2.89 bits per heavy atom. The average molecular weight is 391 g/mol. The molecule has 0 saturated heterocycles. The van der Waals surface area contributed by atoms with Crippen LogP contribution in [0.25, 0.3) is 21.5 Å². The van der Waals surface area contributed by atoms with Gasteiger partial charge in [0.05, 0.1) is 12.7 Å². The number of thiazole rings is 1. The van der Waals surface area contributed by atoms with E-state index in [4.69, 9.17) is 4.74 Å². The first-order chi connectivity index (χ1) is 13.8. The van der Waals surface area contributed by atoms with Crippen LogP contribution in [0.4, 0.5) is 0 Å². The number of carbonyl (C=O) groups excluding carboxylic acids is 1. The van der Waals surface area contributed by atoms with E-state index in [1.807, 2.05) is 42.6 Å². The monoisotopic (exact) mass is 391 g/mol. The van der Waals surface area contributed by atoms with Crippen LogP contribution in [0.3, 0.4) is 0 Å². The molecular weight excluding hydrogens is 370 g/mol. The van der Waals surface area contributed by atoms with Crippen molar-refractivity contribution in [2.45, 2.75) is 12.8 Å². The summed E-state index contributed by atoms with van der Waals surface area (Å²) in [6, 6.07) is 15.9. The number of aromatic nitrogens is 2. The van der Waals surface area contributed by atoms with Gasteiger partial charge in [0.2, 0.25) is 0 Å². The molecular formula is C22H21N3O2S. The highest BCUT2D eigenvalue weighted by Gasteiger charge is 2.14. The van der Waals surface area contributed by atoms with Gasteiger partial charge < -0.3 is 15.0 Å². The topological polar surface area (TPSA) is 67.0 Å². The first-order valence-corrected chi connectivity index (χ1v) is 10.1. The van der Waals surface area contributed by atoms with Crippen molar-refractivity contribution < 1.29 is 9.53 Å². The summed E-state index contributed by atoms with van der Waals surface area (Å²) in [7, 11) is 1.63. The summed E-state index contributed by atoms with van der Waals surface area (Å²) in [6.07, 6.45) is 3.83. The summed E-state index contributed by atoms with van der Waals surface area (Å²) in [5, 5.41) is 6.78. The molecule has 0 radical (unpaired) electrons. The SMILES string of the molecule is COc1ccccc1-c1nc(C(=O)NCCCc2c[nH]c3ccccc23)cs1. The molecule has 28 heavy (non-hydrogen) atoms. The Kier molecular flexibility index (Phi) is 5.39. The van der Waals surface area contributed by atoms with E-state index < -0.39 is 0 Å². The van der Waals surface area contributed by atoms with Crippen molar-refractivity contribution in [2.75, 3.05) is 13.7 Å². The maximum atomic E-state index is 12.4. The molecule has 0 aliphatic carbocycles. The van der Waals surface area contributed by atoms with Gasteiger partial charge in [-0.2, -0.15) is 0 Å². The van der Waals surface area contributed by atoms with Gasteiger partial charge in [-0.05, 0) is 36.6 Å². The summed E-state index contributed by atoms with van der Waals surface area (Å²) in [5.74, 6) is 0.610. The van der Waals surface area contributed by atoms with Gasteiger partial charge in [0.25, 0.3) is 5.91 Å². The Bertz CT molecular complexity index is 1100. The lowest BCUT2D eigenvalue weighted by molar-refractivity contribution is 0.0949. The fourth-order valence-electron chi connectivity index (χ4n) is 3.23. The molecule has 6 heteroatoms. The number of fused-ring (bicyclic) bond motifs is 1. The van der Waals surface area contributed by atoms with Crippen LogP contribution in [0.1, 0.15) is 22.5 Å². The maximum absolute atomic E-state index is 12.4. The van der Waals surface area contributed by atoms with E-state index in [1.165, 1.54) is 22.3 Å². The number of rotatable bonds is 7. The summed E-state index contributed by atoms with van der Waals surface area (Å²) < 4.78 is 5.38. The molecule has 1 amide bonds. The van der Waals surface area contributed by atoms with E-state index >= 15 is 0 Å². The van der Waals surface area contributed by atoms with E-state index in [1.54, 1.807) is 12.5 Å². The Hall–Kier alpha value is -3.12. The Morgan fingerprint density at radius 1 is 1.18 bits per heavy atom. The molecule has 2 N–H and O–H groups in total. The lowest BCUT2D eigenvalue weighted by Gasteiger charge is -2.05. The molecule has 0 atom stereocenters. The Balaban J connectivity index is 1.34. The molecule has 2 aromatic carbocycles. The second kappa shape index (κ2) is 8.27. The van der Waals surface area contributed by atoms with Crippen LogP contribution in [0.15, 0.2) is 60.1 Å². The zero-order chi connectivity index (χ0) is 19.3. The first kappa shape index (κ1) is 18.3. The number of ether oxygens (including phenoxy) is 1. The number of nitrogens with one attached hydrogen (secondary N) is 2. The van der Waals surface area contributed by atoms with Crippen molar-refractivity contribution in [3.05, 3.63) is 71.4 Å². The highest BCUT2D eigenvalue weighted by atomic mass is 32.1. The number of H-pyrrole nitrogens is 1. The van der Waals surface area contributed by atoms with Gasteiger partial charge in [0.1, 0.15) is 16.5 Å². The molecule has 0 spiro atoms. The van der Waals surface area contributed by atoms with Crippen molar-refractivity contribution in [2.24, 2.45) is 0 Å². The molecule has 2 aromatic heterocycles. The number of para-hydroxylation sites is 2. The molecule has 4 aromatic rings. The number of hydrogen-bond donors (Lipinski definition) is 2. The van der Waals surface area contributed by atoms with Crippen molar-refractivity contribution in [1.29, 1.82) is 0 Å². The van der Waals surface area contributed by atoms with Crippen LogP contribution in [0.2, 0.25) is 0 Å². The van der Waals surface area contributed by atoms with Gasteiger partial charge in [0, 0.05) is 29.0 Å². The third-order valence-corrected chi connectivity index (χ3v) is 5.53. The molecule has 0 saturated carbocycles. The molecule has 4 rings (SSSR count). The lowest BCUT2D eigenvalue weighted by Crippen LogP contribution is -2.25. The van der Waals surface area contributed by atoms with Gasteiger partial charge in [-0.1, -0.05) is 30.3 Å². The fourth-order valence-corrected chi connectivity index (χ4v) is 4.06. The average Bonchev–Trinajstić information content (AvgIpc) is 3.39. The van der Waals surface area contributed by atoms with Gasteiger partial charge in [0.15, 0.2) is 0 Å². The number of hydrogen-bond acceptors (Lipinski definition) is 4. The number of carbonyl (C=O) groups is 1. The molecule has 142 valence electrons. The number of amides is 1. The molecule has 2 heterocycles. The van der Waals surface area contributed by atoms with E-state index in [0.717, 1.165) is 34.7 Å². The van der Waals surface area contributed by atoms with E-state index in [0.29, 0.717) is 12.2 Å². The van der Waals surface area contributed by atoms with E-state index in [-0.39, 0.29) is 5.91 Å². The molecule has 0 fully saturated rings. The molecule has 0 bridgehead atoms. The predicted molar refractivity (Wildman–Crippen MR) is 113 cm³/mol. The van der Waals surface area contributed by atoms with Crippen LogP contribution in [0, 0.1) is 0 Å². The number of aryl methyl sites for hydroxylation is 1. The molecule has 0 aliphatic rings. The van der Waals surface area contributed by atoms with Crippen LogP contribution in [-0.2, 0) is 6.42 Å². The quantitative estimate of drug-likeness (QED) is 0.450. The number of aromatic amines is 1. The van der Waals surface area contributed by atoms with Gasteiger partial charge >= 0.3 is 0 Å². The molecule has 0 unspecified atom stereocenters. The number of nitrogens with zero attached hydrogens (tertiary/aromatic N) is 1. The lowest BCUT2D eigenvalue weighted by atomic mass is 10.1. The minimum absolute atomic E-state index is 0.142. The van der Waals surface area contributed by atoms with Crippen molar-refractivity contribution in [3.63, 3.8) is 0 Å². The minimum Gasteiger partial charge on any atom is -0.496 e. The third kappa shape index (κ3) is 3.77. The third-order valence-electron chi connectivity index (χ3n) is 4.66. The highest BCUT2D eigenvalue weighted by Crippen LogP contribution is 2.31. The smallest absolute Gasteiger partial charge is 0.270 e. The summed E-state index contributed by atoms with van der Waals surface area (Å²) in [4.78, 5) is 20.2. The predicted octanol–water partition coefficient (Wildman–Crippen LogP) is 4.66. The normalized spacial score (nSPS) is 10.9. The van der Waals surface area contributed by atoms with Crippen molar-refractivity contribution in [3.8, 4) is 16.3 Å². The first-order valence-electron chi connectivity index (χ1n) is 9.18. The Labute approximate surface area is 167 Å². The van der Waals surface area contributed by atoms with Gasteiger partial charge in [-0.15, -0.1) is 11.3 Å². The highest BCUT2D eigenvalue weighted by molar-refractivity contribution is 7.13. The van der Waals surface area contributed by atoms with Crippen LogP contribution < -0.4 is 10.1 Å². The zero-order valence-corrected chi connectivity index (χ0v) is 16.4. The molecule has 0 aliphatic heterocycles. The van der Waals surface area contributed by atoms with E-state index in [2.05, 4.69) is 27.4 Å². The standard InChI is InChI=1S/C22H21N3O2S/c1-27-20-11-5-3-9-17(20)22-25-19(14-28-22)21(26)23-12-6-7-15-13-24-18-10-4-2-8-16(15)18/h2-5,8-11,13-14,24H,6-7,12H2,1H3,(H,23,26). The summed E-state index contributed by atoms with van der Waals surface area (Å²) >= 11 is 1.44. The maximum Gasteiger partial charge on any atom is 0.270 e. The van der Waals surface area contributed by atoms with Gasteiger partial charge in [-0.25, -0.2) is 4.98 Å². The number of benzene rings is 2. The van der Waals surface area contributed by atoms with Crippen LogP contribution in [0.5, 0.6) is 5.75 Å². The fraction of sp³-hybridized carbons (Fsp3) is 0.182. The Morgan fingerprint density at radius 2 is 2.00 bits per heavy atom. The summed E-state index contributed by atoms with van der Waals surface area (Å²) in [5.41, 5.74) is 3.76. The van der Waals surface area contributed by atoms with E-state index in [9.17, 15) is 4.79 Å². The second-order valence-corrected chi connectivity index (χ2v) is 7.32. The van der Waals surface area contributed by atoms with Crippen molar-refractivity contribution >= 4 is 28.1 Å². The van der Waals surface area contributed by atoms with Crippen LogP contribution >= 0.6 is 11.3 Å². The second-order valence-electron chi connectivity index (χ2n) is 6.46. The summed E-state index contributed by atoms with van der Waals surface area (Å²) in [6.45, 7) is 0.611. The van der Waals surface area contributed by atoms with Gasteiger partial charge in [-0.3, -0.25) is 4.79 Å². The molecule has 5 nitrogen and oxygen atoms in total. The largest absolute Gasteiger partial charge is 0.496 e. The zero-order valence-electron chi connectivity index (χ0n) is 15.6. The van der Waals surface area contributed by atoms with Crippen molar-refractivity contribution in [1.82, 2.24) is 15.3 Å². The number of methoxy groups -OCH3 is 1. The van der Waals surface area contributed by atoms with Crippen LogP contribution in [-0.4, -0.2) is 29.5 Å². The minimum atomic E-state index is -0.142.